The minimum Gasteiger partial charge on any atom is -0.453 e. The summed E-state index contributed by atoms with van der Waals surface area (Å²) in [6.07, 6.45) is 1.85. The van der Waals surface area contributed by atoms with Crippen LogP contribution in [0.15, 0.2) is 65.3 Å². The molecular formula is C20H17BrN2O4S. The van der Waals surface area contributed by atoms with Crippen LogP contribution in [0.5, 0.6) is 11.5 Å². The van der Waals surface area contributed by atoms with Crippen molar-refractivity contribution < 1.29 is 17.7 Å². The van der Waals surface area contributed by atoms with Crippen LogP contribution in [0, 0.1) is 0 Å². The van der Waals surface area contributed by atoms with E-state index in [9.17, 15) is 13.0 Å². The predicted molar refractivity (Wildman–Crippen MR) is 112 cm³/mol. The van der Waals surface area contributed by atoms with Gasteiger partial charge in [0.15, 0.2) is 16.9 Å². The Bertz CT molecular complexity index is 1150. The van der Waals surface area contributed by atoms with E-state index in [0.717, 1.165) is 4.47 Å². The van der Waals surface area contributed by atoms with E-state index in [0.29, 0.717) is 34.1 Å². The number of pyridine rings is 1. The van der Waals surface area contributed by atoms with Gasteiger partial charge < -0.3 is 9.64 Å². The number of hydrogen-bond acceptors (Lipinski definition) is 5. The van der Waals surface area contributed by atoms with E-state index >= 15 is 0 Å². The summed E-state index contributed by atoms with van der Waals surface area (Å²) in [5, 5.41) is -1.17. The maximum atomic E-state index is 12.2. The van der Waals surface area contributed by atoms with Crippen molar-refractivity contribution in [3.8, 4) is 22.8 Å². The Hall–Kier alpha value is -2.42. The number of hydrogen-bond donors (Lipinski definition) is 1. The van der Waals surface area contributed by atoms with Gasteiger partial charge >= 0.3 is 0 Å². The van der Waals surface area contributed by atoms with E-state index in [4.69, 9.17) is 4.74 Å². The average molecular weight is 461 g/mol. The first kappa shape index (κ1) is 18.9. The molecule has 0 aliphatic carbocycles. The number of halogens is 1. The number of rotatable bonds is 4. The zero-order chi connectivity index (χ0) is 19.9. The van der Waals surface area contributed by atoms with E-state index in [1.54, 1.807) is 48.4 Å². The van der Waals surface area contributed by atoms with E-state index < -0.39 is 15.5 Å². The standard InChI is InChI=1S/C20H17BrN2O4S/c1-2-18(28(24,25)26)23-15-9-3-4-10-16(15)27-17-11-5-7-13(20(17)23)19-14(21)8-6-12-22-19/h3-12,18H,2H2,1H3,(H,24,25,26). The second kappa shape index (κ2) is 7.20. The minimum atomic E-state index is -4.37. The van der Waals surface area contributed by atoms with Crippen molar-refractivity contribution in [3.05, 3.63) is 65.3 Å². The molecule has 6 nitrogen and oxygen atoms in total. The van der Waals surface area contributed by atoms with E-state index in [-0.39, 0.29) is 6.42 Å². The highest BCUT2D eigenvalue weighted by molar-refractivity contribution is 9.10. The van der Waals surface area contributed by atoms with Crippen molar-refractivity contribution in [2.45, 2.75) is 18.7 Å². The van der Waals surface area contributed by atoms with Gasteiger partial charge in [-0.25, -0.2) is 0 Å². The van der Waals surface area contributed by atoms with Gasteiger partial charge in [-0.3, -0.25) is 9.54 Å². The fourth-order valence-electron chi connectivity index (χ4n) is 3.44. The molecule has 2 aromatic carbocycles. The molecule has 2 heterocycles. The highest BCUT2D eigenvalue weighted by Gasteiger charge is 2.37. The first-order chi connectivity index (χ1) is 13.4. The van der Waals surface area contributed by atoms with Crippen LogP contribution in [-0.4, -0.2) is 23.3 Å². The first-order valence-electron chi connectivity index (χ1n) is 8.68. The molecule has 0 saturated carbocycles. The number of benzene rings is 2. The fraction of sp³-hybridized carbons (Fsp3) is 0.150. The summed E-state index contributed by atoms with van der Waals surface area (Å²) in [7, 11) is -4.37. The van der Waals surface area contributed by atoms with E-state index in [1.165, 1.54) is 0 Å². The topological polar surface area (TPSA) is 79.7 Å². The average Bonchev–Trinajstić information content (AvgIpc) is 2.67. The van der Waals surface area contributed by atoms with Crippen molar-refractivity contribution in [3.63, 3.8) is 0 Å². The first-order valence-corrected chi connectivity index (χ1v) is 11.0. The third-order valence-corrected chi connectivity index (χ3v) is 6.45. The molecule has 1 N–H and O–H groups in total. The van der Waals surface area contributed by atoms with Crippen LogP contribution in [0.3, 0.4) is 0 Å². The van der Waals surface area contributed by atoms with Gasteiger partial charge in [0.05, 0.1) is 17.1 Å². The molecule has 0 saturated heterocycles. The summed E-state index contributed by atoms with van der Waals surface area (Å²) in [6.45, 7) is 1.72. The van der Waals surface area contributed by atoms with Crippen molar-refractivity contribution >= 4 is 37.4 Å². The molecule has 0 radical (unpaired) electrons. The number of ether oxygens (including phenoxy) is 1. The molecule has 1 aliphatic heterocycles. The molecule has 1 unspecified atom stereocenters. The zero-order valence-corrected chi connectivity index (χ0v) is 17.3. The number of para-hydroxylation sites is 3. The molecule has 28 heavy (non-hydrogen) atoms. The van der Waals surface area contributed by atoms with Gasteiger partial charge in [-0.1, -0.05) is 31.2 Å². The number of fused-ring (bicyclic) bond motifs is 2. The lowest BCUT2D eigenvalue weighted by Gasteiger charge is -2.37. The summed E-state index contributed by atoms with van der Waals surface area (Å²) < 4.78 is 41.3. The molecule has 1 aromatic heterocycles. The highest BCUT2D eigenvalue weighted by atomic mass is 79.9. The van der Waals surface area contributed by atoms with Crippen LogP contribution >= 0.6 is 15.9 Å². The van der Waals surface area contributed by atoms with Gasteiger partial charge in [-0.15, -0.1) is 0 Å². The molecule has 0 spiro atoms. The van der Waals surface area contributed by atoms with Crippen molar-refractivity contribution in [1.82, 2.24) is 4.98 Å². The lowest BCUT2D eigenvalue weighted by atomic mass is 10.0. The van der Waals surface area contributed by atoms with Crippen molar-refractivity contribution in [1.29, 1.82) is 0 Å². The molecule has 0 amide bonds. The Balaban J connectivity index is 2.04. The Labute approximate surface area is 171 Å². The quantitative estimate of drug-likeness (QED) is 0.526. The number of anilines is 2. The fourth-order valence-corrected chi connectivity index (χ4v) is 4.81. The second-order valence-electron chi connectivity index (χ2n) is 6.30. The minimum absolute atomic E-state index is 0.185. The molecular weight excluding hydrogens is 444 g/mol. The van der Waals surface area contributed by atoms with Crippen molar-refractivity contribution in [2.75, 3.05) is 4.90 Å². The summed E-state index contributed by atoms with van der Waals surface area (Å²) in [5.74, 6) is 1.02. The summed E-state index contributed by atoms with van der Waals surface area (Å²) in [6, 6.07) is 16.3. The molecule has 1 aliphatic rings. The molecule has 0 fully saturated rings. The Kier molecular flexibility index (Phi) is 4.86. The summed E-state index contributed by atoms with van der Waals surface area (Å²) in [5.41, 5.74) is 2.46. The van der Waals surface area contributed by atoms with Gasteiger partial charge in [0.2, 0.25) is 0 Å². The van der Waals surface area contributed by atoms with E-state index in [2.05, 4.69) is 20.9 Å². The van der Waals surface area contributed by atoms with Crippen LogP contribution in [0.2, 0.25) is 0 Å². The molecule has 3 aromatic rings. The maximum absolute atomic E-state index is 12.2. The van der Waals surface area contributed by atoms with Gasteiger partial charge in [0.1, 0.15) is 0 Å². The Morgan fingerprint density at radius 3 is 2.57 bits per heavy atom. The molecule has 1 atom stereocenters. The predicted octanol–water partition coefficient (Wildman–Crippen LogP) is 5.38. The third kappa shape index (κ3) is 3.17. The molecule has 4 rings (SSSR count). The van der Waals surface area contributed by atoms with E-state index in [1.807, 2.05) is 24.3 Å². The lowest BCUT2D eigenvalue weighted by Crippen LogP contribution is -2.39. The second-order valence-corrected chi connectivity index (χ2v) is 8.73. The number of nitrogens with zero attached hydrogens (tertiary/aromatic N) is 2. The largest absolute Gasteiger partial charge is 0.453 e. The normalized spacial score (nSPS) is 14.0. The Morgan fingerprint density at radius 2 is 1.86 bits per heavy atom. The van der Waals surface area contributed by atoms with Crippen LogP contribution in [-0.2, 0) is 10.1 Å². The Morgan fingerprint density at radius 1 is 1.11 bits per heavy atom. The summed E-state index contributed by atoms with van der Waals surface area (Å²) in [4.78, 5) is 6.08. The SMILES string of the molecule is CCC(N1c2ccccc2Oc2cccc(-c3ncccc3Br)c21)S(=O)(=O)O. The molecule has 144 valence electrons. The number of aromatic nitrogens is 1. The molecule has 8 heteroatoms. The lowest BCUT2D eigenvalue weighted by molar-refractivity contribution is 0.452. The van der Waals surface area contributed by atoms with Crippen LogP contribution in [0.25, 0.3) is 11.3 Å². The van der Waals surface area contributed by atoms with Crippen LogP contribution in [0.1, 0.15) is 13.3 Å². The van der Waals surface area contributed by atoms with Gasteiger partial charge in [0.25, 0.3) is 10.1 Å². The van der Waals surface area contributed by atoms with Gasteiger partial charge in [0, 0.05) is 16.2 Å². The van der Waals surface area contributed by atoms with Crippen molar-refractivity contribution in [2.24, 2.45) is 0 Å². The van der Waals surface area contributed by atoms with Crippen LogP contribution in [0.4, 0.5) is 11.4 Å². The zero-order valence-electron chi connectivity index (χ0n) is 14.9. The maximum Gasteiger partial charge on any atom is 0.286 e. The van der Waals surface area contributed by atoms with Gasteiger partial charge in [-0.05, 0) is 52.7 Å². The van der Waals surface area contributed by atoms with Gasteiger partial charge in [-0.2, -0.15) is 8.42 Å². The van der Waals surface area contributed by atoms with Crippen LogP contribution < -0.4 is 9.64 Å². The summed E-state index contributed by atoms with van der Waals surface area (Å²) >= 11 is 3.52. The highest BCUT2D eigenvalue weighted by Crippen LogP contribution is 2.52. The smallest absolute Gasteiger partial charge is 0.286 e. The monoisotopic (exact) mass is 460 g/mol. The molecule has 0 bridgehead atoms. The third-order valence-electron chi connectivity index (χ3n) is 4.58.